The molecule has 0 radical (unpaired) electrons. The Morgan fingerprint density at radius 3 is 2.37 bits per heavy atom. The number of esters is 1. The molecule has 2 aromatic carbocycles. The van der Waals surface area contributed by atoms with E-state index in [0.717, 1.165) is 31.2 Å². The van der Waals surface area contributed by atoms with Gasteiger partial charge in [0.1, 0.15) is 17.6 Å². The fourth-order valence-corrected chi connectivity index (χ4v) is 4.02. The highest BCUT2D eigenvalue weighted by atomic mass is 16.7. The molecule has 0 aliphatic carbocycles. The minimum absolute atomic E-state index is 0.307. The summed E-state index contributed by atoms with van der Waals surface area (Å²) >= 11 is 0. The number of carbonyl (C=O) groups is 1. The van der Waals surface area contributed by atoms with Gasteiger partial charge in [-0.1, -0.05) is 64.5 Å². The third kappa shape index (κ3) is 8.38. The van der Waals surface area contributed by atoms with Gasteiger partial charge >= 0.3 is 5.97 Å². The van der Waals surface area contributed by atoms with Gasteiger partial charge in [0.15, 0.2) is 6.29 Å². The number of nitriles is 1. The third-order valence-electron chi connectivity index (χ3n) is 6.14. The zero-order chi connectivity index (χ0) is 24.9. The van der Waals surface area contributed by atoms with E-state index >= 15 is 0 Å². The highest BCUT2D eigenvalue weighted by Gasteiger charge is 2.23. The van der Waals surface area contributed by atoms with Crippen molar-refractivity contribution < 1.29 is 23.7 Å². The maximum atomic E-state index is 12.6. The van der Waals surface area contributed by atoms with Gasteiger partial charge in [-0.2, -0.15) is 5.26 Å². The molecule has 0 amide bonds. The van der Waals surface area contributed by atoms with Crippen molar-refractivity contribution in [2.24, 2.45) is 5.92 Å². The molecule has 1 aliphatic heterocycles. The average molecular weight is 480 g/mol. The Balaban J connectivity index is 1.51. The second kappa shape index (κ2) is 14.5. The summed E-state index contributed by atoms with van der Waals surface area (Å²) in [6.45, 7) is 6.31. The number of benzene rings is 2. The highest BCUT2D eigenvalue weighted by Crippen LogP contribution is 2.28. The number of carbonyl (C=O) groups excluding carboxylic acids is 1. The van der Waals surface area contributed by atoms with Crippen LogP contribution in [0.15, 0.2) is 42.5 Å². The number of unbranched alkanes of at least 4 members (excludes halogenated alkanes) is 5. The molecule has 6 nitrogen and oxygen atoms in total. The summed E-state index contributed by atoms with van der Waals surface area (Å²) in [5.74, 6) is 0.772. The quantitative estimate of drug-likeness (QED) is 0.175. The molecular formula is C29H37NO5. The second-order valence-corrected chi connectivity index (χ2v) is 9.05. The van der Waals surface area contributed by atoms with Crippen molar-refractivity contribution in [2.45, 2.75) is 71.5 Å². The van der Waals surface area contributed by atoms with Gasteiger partial charge in [-0.3, -0.25) is 0 Å². The lowest BCUT2D eigenvalue weighted by Gasteiger charge is -2.29. The first-order valence-electron chi connectivity index (χ1n) is 12.9. The fraction of sp³-hybridized carbons (Fsp3) is 0.517. The predicted molar refractivity (Wildman–Crippen MR) is 134 cm³/mol. The zero-order valence-electron chi connectivity index (χ0n) is 21.0. The molecule has 188 valence electrons. The van der Waals surface area contributed by atoms with Crippen LogP contribution in [-0.2, 0) is 9.47 Å². The van der Waals surface area contributed by atoms with Crippen molar-refractivity contribution in [2.75, 3.05) is 19.8 Å². The van der Waals surface area contributed by atoms with Crippen molar-refractivity contribution in [3.8, 4) is 17.6 Å². The van der Waals surface area contributed by atoms with E-state index < -0.39 is 12.3 Å². The third-order valence-corrected chi connectivity index (χ3v) is 6.14. The van der Waals surface area contributed by atoms with Crippen LogP contribution in [0.25, 0.3) is 0 Å². The zero-order valence-corrected chi connectivity index (χ0v) is 21.0. The van der Waals surface area contributed by atoms with Gasteiger partial charge < -0.3 is 18.9 Å². The molecule has 6 heteroatoms. The molecule has 1 saturated heterocycles. The molecule has 1 aliphatic rings. The number of hydrogen-bond acceptors (Lipinski definition) is 6. The Morgan fingerprint density at radius 1 is 0.971 bits per heavy atom. The lowest BCUT2D eigenvalue weighted by atomic mass is 10.0. The van der Waals surface area contributed by atoms with E-state index in [2.05, 4.69) is 19.9 Å². The molecular weight excluding hydrogens is 442 g/mol. The summed E-state index contributed by atoms with van der Waals surface area (Å²) in [5, 5.41) is 9.47. The van der Waals surface area contributed by atoms with E-state index in [1.54, 1.807) is 24.3 Å². The lowest BCUT2D eigenvalue weighted by Crippen LogP contribution is -2.27. The summed E-state index contributed by atoms with van der Waals surface area (Å²) in [4.78, 5) is 12.6. The van der Waals surface area contributed by atoms with Crippen molar-refractivity contribution >= 4 is 5.97 Å². The van der Waals surface area contributed by atoms with Crippen LogP contribution in [0.2, 0.25) is 0 Å². The topological polar surface area (TPSA) is 77.8 Å². The first-order valence-corrected chi connectivity index (χ1v) is 12.9. The Morgan fingerprint density at radius 2 is 1.69 bits per heavy atom. The predicted octanol–water partition coefficient (Wildman–Crippen LogP) is 6.98. The maximum Gasteiger partial charge on any atom is 0.343 e. The van der Waals surface area contributed by atoms with Crippen LogP contribution in [0.4, 0.5) is 0 Å². The molecule has 1 heterocycles. The largest absolute Gasteiger partial charge is 0.492 e. The summed E-state index contributed by atoms with van der Waals surface area (Å²) < 4.78 is 23.0. The van der Waals surface area contributed by atoms with Gasteiger partial charge in [-0.15, -0.1) is 0 Å². The lowest BCUT2D eigenvalue weighted by molar-refractivity contribution is -0.206. The van der Waals surface area contributed by atoms with Crippen LogP contribution in [0.1, 0.15) is 93.0 Å². The second-order valence-electron chi connectivity index (χ2n) is 9.05. The summed E-state index contributed by atoms with van der Waals surface area (Å²) in [6, 6.07) is 14.0. The van der Waals surface area contributed by atoms with Crippen LogP contribution in [-0.4, -0.2) is 25.8 Å². The Hall–Kier alpha value is -2.88. The van der Waals surface area contributed by atoms with Gasteiger partial charge in [0, 0.05) is 17.5 Å². The molecule has 1 fully saturated rings. The van der Waals surface area contributed by atoms with E-state index in [-0.39, 0.29) is 0 Å². The monoisotopic (exact) mass is 479 g/mol. The highest BCUT2D eigenvalue weighted by molar-refractivity contribution is 5.91. The van der Waals surface area contributed by atoms with Crippen LogP contribution >= 0.6 is 0 Å². The van der Waals surface area contributed by atoms with E-state index in [0.29, 0.717) is 48.4 Å². The molecule has 0 bridgehead atoms. The van der Waals surface area contributed by atoms with Crippen molar-refractivity contribution in [3.63, 3.8) is 0 Å². The van der Waals surface area contributed by atoms with Crippen LogP contribution in [0, 0.1) is 17.2 Å². The molecule has 0 spiro atoms. The van der Waals surface area contributed by atoms with E-state index in [1.807, 2.05) is 12.1 Å². The fourth-order valence-electron chi connectivity index (χ4n) is 4.02. The van der Waals surface area contributed by atoms with E-state index in [1.165, 1.54) is 31.7 Å². The van der Waals surface area contributed by atoms with Gasteiger partial charge in [-0.05, 0) is 37.1 Å². The van der Waals surface area contributed by atoms with Crippen LogP contribution in [0.3, 0.4) is 0 Å². The van der Waals surface area contributed by atoms with Gasteiger partial charge in [0.25, 0.3) is 0 Å². The molecule has 3 rings (SSSR count). The SMILES string of the molecule is CCCCCCOc1ccc(OC(=O)c2ccc(C3OCC(CCCCC)CO3)cc2)cc1C#N. The van der Waals surface area contributed by atoms with Crippen LogP contribution < -0.4 is 9.47 Å². The van der Waals surface area contributed by atoms with Crippen molar-refractivity contribution in [1.29, 1.82) is 5.26 Å². The Bertz CT molecular complexity index is 958. The number of ether oxygens (including phenoxy) is 4. The van der Waals surface area contributed by atoms with E-state index in [9.17, 15) is 10.1 Å². The Kier molecular flexibility index (Phi) is 11.1. The normalized spacial score (nSPS) is 17.5. The van der Waals surface area contributed by atoms with Gasteiger partial charge in [0.05, 0.1) is 30.9 Å². The number of nitrogens with zero attached hydrogens (tertiary/aromatic N) is 1. The van der Waals surface area contributed by atoms with Crippen molar-refractivity contribution in [1.82, 2.24) is 0 Å². The van der Waals surface area contributed by atoms with Gasteiger partial charge in [0.2, 0.25) is 0 Å². The number of hydrogen-bond donors (Lipinski definition) is 0. The molecule has 0 saturated carbocycles. The summed E-state index contributed by atoms with van der Waals surface area (Å²) in [6.07, 6.45) is 8.77. The average Bonchev–Trinajstić information content (AvgIpc) is 2.90. The summed E-state index contributed by atoms with van der Waals surface area (Å²) in [7, 11) is 0. The molecule has 2 aromatic rings. The molecule has 0 N–H and O–H groups in total. The molecule has 0 unspecified atom stereocenters. The minimum atomic E-state index is -0.491. The number of rotatable bonds is 13. The molecule has 0 atom stereocenters. The standard InChI is InChI=1S/C29H37NO5/c1-3-5-7-9-17-32-27-16-15-26(18-25(27)19-30)35-28(31)23-11-13-24(14-12-23)29-33-20-22(21-34-29)10-8-6-4-2/h11-16,18,22,29H,3-10,17,20-21H2,1-2H3. The first kappa shape index (κ1) is 26.7. The molecule has 35 heavy (non-hydrogen) atoms. The minimum Gasteiger partial charge on any atom is -0.492 e. The maximum absolute atomic E-state index is 12.6. The smallest absolute Gasteiger partial charge is 0.343 e. The summed E-state index contributed by atoms with van der Waals surface area (Å²) in [5.41, 5.74) is 1.64. The van der Waals surface area contributed by atoms with Crippen LogP contribution in [0.5, 0.6) is 11.5 Å². The first-order chi connectivity index (χ1) is 17.1. The molecule has 0 aromatic heterocycles. The van der Waals surface area contributed by atoms with Gasteiger partial charge in [-0.25, -0.2) is 4.79 Å². The van der Waals surface area contributed by atoms with E-state index in [4.69, 9.17) is 18.9 Å². The Labute approximate surface area is 209 Å². The van der Waals surface area contributed by atoms with Crippen molar-refractivity contribution in [3.05, 3.63) is 59.2 Å².